The number of rotatable bonds is 2. The first-order valence-electron chi connectivity index (χ1n) is 8.57. The fourth-order valence-corrected chi connectivity index (χ4v) is 3.63. The van der Waals surface area contributed by atoms with E-state index in [0.29, 0.717) is 0 Å². The first-order valence-corrected chi connectivity index (χ1v) is 8.57. The Labute approximate surface area is 150 Å². The fourth-order valence-electron chi connectivity index (χ4n) is 3.63. The molecule has 1 aliphatic rings. The molecule has 2 heterocycles. The lowest BCUT2D eigenvalue weighted by molar-refractivity contribution is -0.342. The standard InChI is InChI=1S/C23H15FN2/c24-16-11-9-15(10-12-16)23(19-13-25-21-7-3-1-5-17(19)21)20-14-26-22-8-4-2-6-18(20)22/h1-14,25H/p+1. The van der Waals surface area contributed by atoms with Gasteiger partial charge in [-0.25, -0.2) is 9.38 Å². The number of para-hydroxylation sites is 2. The summed E-state index contributed by atoms with van der Waals surface area (Å²) in [5.74, 6) is -0.231. The largest absolute Gasteiger partial charge is 0.361 e. The topological polar surface area (TPSA) is 29.8 Å². The first kappa shape index (κ1) is 14.8. The van der Waals surface area contributed by atoms with Crippen LogP contribution < -0.4 is 4.99 Å². The summed E-state index contributed by atoms with van der Waals surface area (Å²) in [5, 5.41) is 1.15. The Kier molecular flexibility index (Phi) is 3.32. The highest BCUT2D eigenvalue weighted by Gasteiger charge is 2.24. The van der Waals surface area contributed by atoms with E-state index < -0.39 is 0 Å². The van der Waals surface area contributed by atoms with Crippen molar-refractivity contribution in [3.8, 4) is 0 Å². The van der Waals surface area contributed by atoms with Gasteiger partial charge in [0.15, 0.2) is 6.21 Å². The predicted octanol–water partition coefficient (Wildman–Crippen LogP) is 4.06. The third-order valence-corrected chi connectivity index (χ3v) is 4.85. The molecular weight excluding hydrogens is 323 g/mol. The smallest absolute Gasteiger partial charge is 0.211 e. The van der Waals surface area contributed by atoms with Crippen molar-refractivity contribution >= 4 is 34.0 Å². The maximum Gasteiger partial charge on any atom is 0.211 e. The van der Waals surface area contributed by atoms with Gasteiger partial charge in [-0.15, -0.1) is 0 Å². The summed E-state index contributed by atoms with van der Waals surface area (Å²) in [5.41, 5.74) is 7.61. The quantitative estimate of drug-likeness (QED) is 0.552. The number of benzene rings is 3. The Balaban J connectivity index is 1.85. The molecule has 124 valence electrons. The van der Waals surface area contributed by atoms with Gasteiger partial charge in [-0.3, -0.25) is 0 Å². The first-order chi connectivity index (χ1) is 12.8. The van der Waals surface area contributed by atoms with E-state index in [9.17, 15) is 4.39 Å². The van der Waals surface area contributed by atoms with Crippen molar-refractivity contribution in [3.63, 3.8) is 0 Å². The molecule has 3 heteroatoms. The van der Waals surface area contributed by atoms with E-state index in [-0.39, 0.29) is 5.82 Å². The van der Waals surface area contributed by atoms with Gasteiger partial charge in [0.1, 0.15) is 5.82 Å². The molecule has 0 bridgehead atoms. The lowest BCUT2D eigenvalue weighted by atomic mass is 9.90. The van der Waals surface area contributed by atoms with Crippen LogP contribution in [0.15, 0.2) is 79.0 Å². The molecule has 1 aliphatic heterocycles. The highest BCUT2D eigenvalue weighted by atomic mass is 19.1. The maximum absolute atomic E-state index is 13.5. The minimum absolute atomic E-state index is 0.231. The lowest BCUT2D eigenvalue weighted by Crippen LogP contribution is -2.58. The molecule has 1 aromatic heterocycles. The summed E-state index contributed by atoms with van der Waals surface area (Å²) in [7, 11) is 0. The molecule has 2 nitrogen and oxygen atoms in total. The molecule has 0 radical (unpaired) electrons. The van der Waals surface area contributed by atoms with Crippen LogP contribution in [0, 0.1) is 5.82 Å². The SMILES string of the molecule is Fc1ccc(C(=C2C=[NH+]c3ccccc32)c2c[nH]c3ccccc23)cc1. The monoisotopic (exact) mass is 339 g/mol. The number of H-pyrrole nitrogens is 1. The minimum Gasteiger partial charge on any atom is -0.361 e. The van der Waals surface area contributed by atoms with E-state index in [2.05, 4.69) is 34.2 Å². The van der Waals surface area contributed by atoms with Crippen molar-refractivity contribution in [1.29, 1.82) is 0 Å². The van der Waals surface area contributed by atoms with Gasteiger partial charge in [0, 0.05) is 34.3 Å². The van der Waals surface area contributed by atoms with Crippen LogP contribution in [0.25, 0.3) is 22.0 Å². The van der Waals surface area contributed by atoms with E-state index in [1.54, 1.807) is 0 Å². The summed E-state index contributed by atoms with van der Waals surface area (Å²) in [4.78, 5) is 6.71. The molecule has 0 unspecified atom stereocenters. The van der Waals surface area contributed by atoms with E-state index >= 15 is 0 Å². The number of aromatic amines is 1. The lowest BCUT2D eigenvalue weighted by Gasteiger charge is -2.10. The van der Waals surface area contributed by atoms with Crippen molar-refractivity contribution in [3.05, 3.63) is 102 Å². The molecule has 2 N–H and O–H groups in total. The number of hydrogen-bond donors (Lipinski definition) is 2. The van der Waals surface area contributed by atoms with E-state index in [0.717, 1.165) is 44.4 Å². The van der Waals surface area contributed by atoms with Gasteiger partial charge in [0.05, 0.1) is 11.1 Å². The van der Waals surface area contributed by atoms with Crippen molar-refractivity contribution in [1.82, 2.24) is 4.98 Å². The van der Waals surface area contributed by atoms with Crippen LogP contribution in [-0.4, -0.2) is 11.2 Å². The van der Waals surface area contributed by atoms with Crippen molar-refractivity contribution in [2.75, 3.05) is 0 Å². The zero-order valence-corrected chi connectivity index (χ0v) is 14.0. The average molecular weight is 339 g/mol. The predicted molar refractivity (Wildman–Crippen MR) is 104 cm³/mol. The molecule has 0 saturated carbocycles. The summed E-state index contributed by atoms with van der Waals surface area (Å²) in [6, 6.07) is 23.2. The maximum atomic E-state index is 13.5. The summed E-state index contributed by atoms with van der Waals surface area (Å²) in [6.07, 6.45) is 4.07. The number of nitrogens with one attached hydrogen (secondary N) is 2. The van der Waals surface area contributed by atoms with Gasteiger partial charge in [-0.05, 0) is 29.8 Å². The normalized spacial score (nSPS) is 14.7. The van der Waals surface area contributed by atoms with Crippen LogP contribution in [-0.2, 0) is 0 Å². The van der Waals surface area contributed by atoms with Crippen LogP contribution >= 0.6 is 0 Å². The average Bonchev–Trinajstić information content (AvgIpc) is 3.29. The van der Waals surface area contributed by atoms with Crippen molar-refractivity contribution in [2.45, 2.75) is 0 Å². The van der Waals surface area contributed by atoms with Crippen molar-refractivity contribution < 1.29 is 9.38 Å². The number of aromatic nitrogens is 1. The highest BCUT2D eigenvalue weighted by Crippen LogP contribution is 2.37. The molecule has 0 saturated heterocycles. The number of halogens is 1. The van der Waals surface area contributed by atoms with Gasteiger partial charge in [0.2, 0.25) is 5.69 Å². The molecule has 0 spiro atoms. The van der Waals surface area contributed by atoms with Crippen LogP contribution in [0.4, 0.5) is 10.1 Å². The van der Waals surface area contributed by atoms with Gasteiger partial charge in [-0.1, -0.05) is 42.5 Å². The Hall–Kier alpha value is -3.46. The number of allylic oxidation sites excluding steroid dienone is 1. The zero-order chi connectivity index (χ0) is 17.5. The fraction of sp³-hybridized carbons (Fsp3) is 0. The minimum atomic E-state index is -0.231. The van der Waals surface area contributed by atoms with Gasteiger partial charge in [-0.2, -0.15) is 0 Å². The van der Waals surface area contributed by atoms with E-state index in [4.69, 9.17) is 0 Å². The highest BCUT2D eigenvalue weighted by molar-refractivity contribution is 6.24. The van der Waals surface area contributed by atoms with Crippen molar-refractivity contribution in [2.24, 2.45) is 0 Å². The van der Waals surface area contributed by atoms with Crippen LogP contribution in [0.1, 0.15) is 16.7 Å². The third-order valence-electron chi connectivity index (χ3n) is 4.85. The van der Waals surface area contributed by atoms with Crippen LogP contribution in [0.2, 0.25) is 0 Å². The number of hydrogen-bond acceptors (Lipinski definition) is 0. The molecule has 4 aromatic rings. The van der Waals surface area contributed by atoms with Crippen LogP contribution in [0.5, 0.6) is 0 Å². The molecule has 0 atom stereocenters. The Morgan fingerprint density at radius 3 is 2.50 bits per heavy atom. The van der Waals surface area contributed by atoms with E-state index in [1.807, 2.05) is 48.8 Å². The molecule has 26 heavy (non-hydrogen) atoms. The van der Waals surface area contributed by atoms with Gasteiger partial charge < -0.3 is 4.98 Å². The molecule has 0 amide bonds. The Bertz CT molecular complexity index is 1180. The van der Waals surface area contributed by atoms with Gasteiger partial charge in [0.25, 0.3) is 0 Å². The third kappa shape index (κ3) is 2.29. The Morgan fingerprint density at radius 1 is 0.846 bits per heavy atom. The summed E-state index contributed by atoms with van der Waals surface area (Å²) < 4.78 is 13.5. The molecular formula is C23H16FN2+. The zero-order valence-electron chi connectivity index (χ0n) is 14.0. The molecule has 5 rings (SSSR count). The Morgan fingerprint density at radius 2 is 1.62 bits per heavy atom. The van der Waals surface area contributed by atoms with E-state index in [1.165, 1.54) is 12.1 Å². The summed E-state index contributed by atoms with van der Waals surface area (Å²) >= 11 is 0. The molecule has 0 aliphatic carbocycles. The second-order valence-corrected chi connectivity index (χ2v) is 6.38. The second kappa shape index (κ2) is 5.81. The molecule has 0 fully saturated rings. The molecule has 3 aromatic carbocycles. The van der Waals surface area contributed by atoms with Gasteiger partial charge >= 0.3 is 0 Å². The summed E-state index contributed by atoms with van der Waals surface area (Å²) in [6.45, 7) is 0. The number of fused-ring (bicyclic) bond motifs is 2. The van der Waals surface area contributed by atoms with Crippen LogP contribution in [0.3, 0.4) is 0 Å². The second-order valence-electron chi connectivity index (χ2n) is 6.38.